The van der Waals surface area contributed by atoms with Gasteiger partial charge in [-0.1, -0.05) is 12.8 Å². The minimum Gasteiger partial charge on any atom is -0.483 e. The first-order valence-electron chi connectivity index (χ1n) is 3.63. The number of carbonyl (C=O) groups is 1. The fourth-order valence-electron chi connectivity index (χ4n) is 0.577. The van der Waals surface area contributed by atoms with Crippen molar-refractivity contribution in [3.05, 3.63) is 0 Å². The molecule has 0 saturated carbocycles. The van der Waals surface area contributed by atoms with E-state index in [4.69, 9.17) is 20.1 Å². The summed E-state index contributed by atoms with van der Waals surface area (Å²) in [5, 5.41) is 23.5. The van der Waals surface area contributed by atoms with Crippen LogP contribution in [0, 0.1) is 0 Å². The monoisotopic (exact) mass is 164 g/mol. The fraction of sp³-hybridized carbons (Fsp3) is 0.857. The van der Waals surface area contributed by atoms with Gasteiger partial charge in [-0.25, -0.2) is 0 Å². The van der Waals surface area contributed by atoms with E-state index in [0.717, 1.165) is 25.7 Å². The SMILES string of the molecule is O=CO.OCCCCCCO. The first-order valence-corrected chi connectivity index (χ1v) is 3.63. The summed E-state index contributed by atoms with van der Waals surface area (Å²) < 4.78 is 0. The summed E-state index contributed by atoms with van der Waals surface area (Å²) in [5.74, 6) is 0. The van der Waals surface area contributed by atoms with Crippen LogP contribution in [0.25, 0.3) is 0 Å². The predicted molar refractivity (Wildman–Crippen MR) is 41.3 cm³/mol. The van der Waals surface area contributed by atoms with Gasteiger partial charge in [-0.2, -0.15) is 0 Å². The Labute approximate surface area is 66.5 Å². The average Bonchev–Trinajstić information content (AvgIpc) is 2.00. The van der Waals surface area contributed by atoms with E-state index in [1.165, 1.54) is 0 Å². The Hall–Kier alpha value is -0.610. The van der Waals surface area contributed by atoms with Crippen molar-refractivity contribution >= 4 is 6.47 Å². The molecule has 0 rings (SSSR count). The molecule has 0 aromatic heterocycles. The van der Waals surface area contributed by atoms with Crippen molar-refractivity contribution in [3.63, 3.8) is 0 Å². The summed E-state index contributed by atoms with van der Waals surface area (Å²) in [7, 11) is 0. The molecule has 4 heteroatoms. The van der Waals surface area contributed by atoms with Gasteiger partial charge in [-0.05, 0) is 12.8 Å². The molecule has 0 spiro atoms. The van der Waals surface area contributed by atoms with Crippen LogP contribution in [0.4, 0.5) is 0 Å². The maximum atomic E-state index is 8.36. The van der Waals surface area contributed by atoms with Crippen LogP contribution in [0.3, 0.4) is 0 Å². The minimum absolute atomic E-state index is 0.250. The molecule has 0 heterocycles. The number of hydrogen-bond acceptors (Lipinski definition) is 3. The molecular formula is C7H16O4. The van der Waals surface area contributed by atoms with Gasteiger partial charge >= 0.3 is 0 Å². The molecule has 0 aliphatic heterocycles. The molecule has 3 N–H and O–H groups in total. The molecule has 0 aliphatic carbocycles. The molecule has 0 unspecified atom stereocenters. The summed E-state index contributed by atoms with van der Waals surface area (Å²) in [6.45, 7) is 0.316. The molecule has 0 aliphatic rings. The van der Waals surface area contributed by atoms with Crippen molar-refractivity contribution < 1.29 is 20.1 Å². The Morgan fingerprint density at radius 3 is 1.36 bits per heavy atom. The molecule has 0 saturated heterocycles. The van der Waals surface area contributed by atoms with E-state index in [-0.39, 0.29) is 19.7 Å². The van der Waals surface area contributed by atoms with Gasteiger partial charge in [0.05, 0.1) is 0 Å². The molecule has 0 radical (unpaired) electrons. The lowest BCUT2D eigenvalue weighted by molar-refractivity contribution is -0.122. The molecule has 0 aromatic carbocycles. The highest BCUT2D eigenvalue weighted by atomic mass is 16.3. The number of rotatable bonds is 5. The smallest absolute Gasteiger partial charge is 0.290 e. The molecule has 0 bridgehead atoms. The lowest BCUT2D eigenvalue weighted by Crippen LogP contribution is -1.85. The highest BCUT2D eigenvalue weighted by Crippen LogP contribution is 1.96. The molecular weight excluding hydrogens is 148 g/mol. The van der Waals surface area contributed by atoms with Crippen LogP contribution in [0.2, 0.25) is 0 Å². The third kappa shape index (κ3) is 26.6. The van der Waals surface area contributed by atoms with Crippen LogP contribution in [-0.2, 0) is 4.79 Å². The van der Waals surface area contributed by atoms with Crippen molar-refractivity contribution in [2.75, 3.05) is 13.2 Å². The minimum atomic E-state index is -0.250. The Balaban J connectivity index is 0. The standard InChI is InChI=1S/C6H14O2.CH2O2/c7-5-3-1-2-4-6-8;2-1-3/h7-8H,1-6H2;1H,(H,2,3). The van der Waals surface area contributed by atoms with Crippen molar-refractivity contribution in [1.29, 1.82) is 0 Å². The first kappa shape index (κ1) is 13.0. The van der Waals surface area contributed by atoms with Crippen molar-refractivity contribution in [2.24, 2.45) is 0 Å². The summed E-state index contributed by atoms with van der Waals surface area (Å²) in [5.41, 5.74) is 0. The zero-order valence-electron chi connectivity index (χ0n) is 6.57. The summed E-state index contributed by atoms with van der Waals surface area (Å²) in [6.07, 6.45) is 3.83. The Bertz CT molecular complexity index is 59.5. The van der Waals surface area contributed by atoms with Crippen LogP contribution in [0.1, 0.15) is 25.7 Å². The van der Waals surface area contributed by atoms with Crippen LogP contribution in [0.5, 0.6) is 0 Å². The number of aliphatic hydroxyl groups is 2. The molecule has 0 atom stereocenters. The van der Waals surface area contributed by atoms with Crippen LogP contribution in [0.15, 0.2) is 0 Å². The van der Waals surface area contributed by atoms with Gasteiger partial charge in [0.25, 0.3) is 6.47 Å². The van der Waals surface area contributed by atoms with Gasteiger partial charge in [0.15, 0.2) is 0 Å². The Morgan fingerprint density at radius 1 is 0.909 bits per heavy atom. The second-order valence-corrected chi connectivity index (χ2v) is 1.97. The maximum absolute atomic E-state index is 8.36. The van der Waals surface area contributed by atoms with E-state index >= 15 is 0 Å². The number of unbranched alkanes of at least 4 members (excludes halogenated alkanes) is 3. The van der Waals surface area contributed by atoms with Crippen LogP contribution >= 0.6 is 0 Å². The van der Waals surface area contributed by atoms with E-state index in [1.54, 1.807) is 0 Å². The molecule has 4 nitrogen and oxygen atoms in total. The van der Waals surface area contributed by atoms with Crippen molar-refractivity contribution in [3.8, 4) is 0 Å². The average molecular weight is 164 g/mol. The highest BCUT2D eigenvalue weighted by molar-refractivity contribution is 5.32. The van der Waals surface area contributed by atoms with Crippen LogP contribution < -0.4 is 0 Å². The van der Waals surface area contributed by atoms with Gasteiger partial charge in [-0.15, -0.1) is 0 Å². The maximum Gasteiger partial charge on any atom is 0.290 e. The van der Waals surface area contributed by atoms with Gasteiger partial charge in [-0.3, -0.25) is 4.79 Å². The lowest BCUT2D eigenvalue weighted by Gasteiger charge is -1.93. The zero-order valence-corrected chi connectivity index (χ0v) is 6.57. The second kappa shape index (κ2) is 16.2. The quantitative estimate of drug-likeness (QED) is 0.401. The summed E-state index contributed by atoms with van der Waals surface area (Å²) in [6, 6.07) is 0. The van der Waals surface area contributed by atoms with Crippen molar-refractivity contribution in [1.82, 2.24) is 0 Å². The summed E-state index contributed by atoms with van der Waals surface area (Å²) >= 11 is 0. The van der Waals surface area contributed by atoms with E-state index in [0.29, 0.717) is 0 Å². The third-order valence-corrected chi connectivity index (χ3v) is 1.07. The van der Waals surface area contributed by atoms with Crippen LogP contribution in [-0.4, -0.2) is 35.0 Å². The topological polar surface area (TPSA) is 77.8 Å². The van der Waals surface area contributed by atoms with Gasteiger partial charge < -0.3 is 15.3 Å². The van der Waals surface area contributed by atoms with E-state index in [2.05, 4.69) is 0 Å². The van der Waals surface area contributed by atoms with Gasteiger partial charge in [0, 0.05) is 13.2 Å². The number of aliphatic hydroxyl groups excluding tert-OH is 2. The van der Waals surface area contributed by atoms with E-state index in [1.807, 2.05) is 0 Å². The second-order valence-electron chi connectivity index (χ2n) is 1.97. The van der Waals surface area contributed by atoms with Gasteiger partial charge in [0.1, 0.15) is 0 Å². The van der Waals surface area contributed by atoms with E-state index in [9.17, 15) is 0 Å². The third-order valence-electron chi connectivity index (χ3n) is 1.07. The Kier molecular flexibility index (Phi) is 19.2. The molecule has 11 heavy (non-hydrogen) atoms. The zero-order chi connectivity index (χ0) is 8.95. The van der Waals surface area contributed by atoms with E-state index < -0.39 is 0 Å². The molecule has 68 valence electrons. The lowest BCUT2D eigenvalue weighted by atomic mass is 10.2. The van der Waals surface area contributed by atoms with Crippen molar-refractivity contribution in [2.45, 2.75) is 25.7 Å². The molecule has 0 fully saturated rings. The molecule has 0 amide bonds. The van der Waals surface area contributed by atoms with Gasteiger partial charge in [0.2, 0.25) is 0 Å². The molecule has 0 aromatic rings. The predicted octanol–water partition coefficient (Wildman–Crippen LogP) is 0.232. The highest BCUT2D eigenvalue weighted by Gasteiger charge is 1.84. The number of carboxylic acid groups (broad SMARTS) is 1. The number of hydrogen-bond donors (Lipinski definition) is 3. The fourth-order valence-corrected chi connectivity index (χ4v) is 0.577. The Morgan fingerprint density at radius 2 is 1.18 bits per heavy atom. The summed E-state index contributed by atoms with van der Waals surface area (Å²) in [4.78, 5) is 8.36. The largest absolute Gasteiger partial charge is 0.483 e. The normalized spacial score (nSPS) is 8.18. The first-order chi connectivity index (χ1) is 5.33.